The number of rotatable bonds is 2. The number of β-amino-alcohol motifs (C(OH)–C–C–N with tert-alkyl or cyclic N) is 1. The fraction of sp³-hybridized carbons (Fsp3) is 0.364. The molecule has 1 fully saturated rings. The molecule has 0 unspecified atom stereocenters. The summed E-state index contributed by atoms with van der Waals surface area (Å²) in [5.41, 5.74) is 1.17. The van der Waals surface area contributed by atoms with E-state index >= 15 is 0 Å². The van der Waals surface area contributed by atoms with E-state index in [4.69, 9.17) is 5.11 Å². The standard InChI is InChI=1S/C11H13NO3/c1-7(13)10-3-2-8(4-11(10)15)12-5-9(14)6-12/h2-4,9,14-15H,5-6H2,1H3. The Hall–Kier alpha value is -1.55. The highest BCUT2D eigenvalue weighted by atomic mass is 16.3. The van der Waals surface area contributed by atoms with E-state index in [1.54, 1.807) is 18.2 Å². The summed E-state index contributed by atoms with van der Waals surface area (Å²) in [5.74, 6) is -0.149. The first-order valence-electron chi connectivity index (χ1n) is 4.85. The third-order valence-corrected chi connectivity index (χ3v) is 2.59. The van der Waals surface area contributed by atoms with Gasteiger partial charge in [0, 0.05) is 24.8 Å². The summed E-state index contributed by atoms with van der Waals surface area (Å²) < 4.78 is 0. The Balaban J connectivity index is 2.22. The molecule has 1 aliphatic heterocycles. The first-order valence-corrected chi connectivity index (χ1v) is 4.85. The van der Waals surface area contributed by atoms with Crippen molar-refractivity contribution >= 4 is 11.5 Å². The number of aromatic hydroxyl groups is 1. The number of hydrogen-bond acceptors (Lipinski definition) is 4. The molecule has 4 heteroatoms. The van der Waals surface area contributed by atoms with Crippen molar-refractivity contribution < 1.29 is 15.0 Å². The molecule has 80 valence electrons. The maximum atomic E-state index is 11.1. The van der Waals surface area contributed by atoms with Crippen molar-refractivity contribution in [3.63, 3.8) is 0 Å². The van der Waals surface area contributed by atoms with Crippen molar-refractivity contribution in [3.05, 3.63) is 23.8 Å². The Kier molecular flexibility index (Phi) is 2.36. The van der Waals surface area contributed by atoms with Crippen LogP contribution in [0.3, 0.4) is 0 Å². The molecular weight excluding hydrogens is 194 g/mol. The van der Waals surface area contributed by atoms with Gasteiger partial charge in [-0.25, -0.2) is 0 Å². The number of phenols is 1. The second-order valence-corrected chi connectivity index (χ2v) is 3.82. The van der Waals surface area contributed by atoms with Crippen molar-refractivity contribution in [1.29, 1.82) is 0 Å². The molecule has 0 atom stereocenters. The zero-order chi connectivity index (χ0) is 11.0. The Bertz CT molecular complexity index is 397. The first kappa shape index (κ1) is 9.98. The number of aliphatic hydroxyl groups is 1. The minimum absolute atomic E-state index is 0.00129. The summed E-state index contributed by atoms with van der Waals surface area (Å²) in [4.78, 5) is 13.0. The second kappa shape index (κ2) is 3.55. The topological polar surface area (TPSA) is 60.8 Å². The zero-order valence-corrected chi connectivity index (χ0v) is 8.47. The van der Waals surface area contributed by atoms with Gasteiger partial charge in [-0.2, -0.15) is 0 Å². The van der Waals surface area contributed by atoms with Gasteiger partial charge in [-0.05, 0) is 19.1 Å². The Morgan fingerprint density at radius 1 is 1.47 bits per heavy atom. The second-order valence-electron chi connectivity index (χ2n) is 3.82. The molecule has 1 aromatic rings. The number of phenolic OH excluding ortho intramolecular Hbond substituents is 1. The molecule has 0 aliphatic carbocycles. The maximum Gasteiger partial charge on any atom is 0.163 e. The summed E-state index contributed by atoms with van der Waals surface area (Å²) >= 11 is 0. The number of nitrogens with zero attached hydrogens (tertiary/aromatic N) is 1. The van der Waals surface area contributed by atoms with Crippen molar-refractivity contribution in [2.45, 2.75) is 13.0 Å². The molecule has 1 saturated heterocycles. The lowest BCUT2D eigenvalue weighted by atomic mass is 10.1. The van der Waals surface area contributed by atoms with Gasteiger partial charge in [0.15, 0.2) is 5.78 Å². The van der Waals surface area contributed by atoms with E-state index in [-0.39, 0.29) is 17.6 Å². The fourth-order valence-corrected chi connectivity index (χ4v) is 1.68. The van der Waals surface area contributed by atoms with E-state index in [0.29, 0.717) is 18.7 Å². The number of carbonyl (C=O) groups excluding carboxylic acids is 1. The van der Waals surface area contributed by atoms with Crippen LogP contribution in [-0.4, -0.2) is 35.2 Å². The summed E-state index contributed by atoms with van der Waals surface area (Å²) in [6.07, 6.45) is -0.278. The van der Waals surface area contributed by atoms with Crippen LogP contribution in [0.25, 0.3) is 0 Å². The molecule has 0 radical (unpaired) electrons. The van der Waals surface area contributed by atoms with E-state index in [1.807, 2.05) is 4.90 Å². The SMILES string of the molecule is CC(=O)c1ccc(N2CC(O)C2)cc1O. The number of aliphatic hydroxyl groups excluding tert-OH is 1. The average Bonchev–Trinajstić information content (AvgIpc) is 2.12. The Labute approximate surface area is 87.8 Å². The van der Waals surface area contributed by atoms with Crippen molar-refractivity contribution in [2.24, 2.45) is 0 Å². The molecule has 1 heterocycles. The van der Waals surface area contributed by atoms with Crippen molar-refractivity contribution in [1.82, 2.24) is 0 Å². The number of carbonyl (C=O) groups is 1. The molecule has 1 aliphatic rings. The highest BCUT2D eigenvalue weighted by Crippen LogP contribution is 2.27. The van der Waals surface area contributed by atoms with E-state index in [1.165, 1.54) is 6.92 Å². The lowest BCUT2D eigenvalue weighted by molar-refractivity contribution is 0.101. The molecule has 1 aromatic carbocycles. The quantitative estimate of drug-likeness (QED) is 0.703. The van der Waals surface area contributed by atoms with Gasteiger partial charge in [0.2, 0.25) is 0 Å². The molecule has 0 amide bonds. The van der Waals surface area contributed by atoms with Gasteiger partial charge in [-0.1, -0.05) is 0 Å². The average molecular weight is 207 g/mol. The highest BCUT2D eigenvalue weighted by molar-refractivity contribution is 5.97. The number of benzene rings is 1. The van der Waals surface area contributed by atoms with E-state index in [2.05, 4.69) is 0 Å². The highest BCUT2D eigenvalue weighted by Gasteiger charge is 2.25. The van der Waals surface area contributed by atoms with Gasteiger partial charge in [0.25, 0.3) is 0 Å². The van der Waals surface area contributed by atoms with Crippen LogP contribution in [0.4, 0.5) is 5.69 Å². The smallest absolute Gasteiger partial charge is 0.163 e. The van der Waals surface area contributed by atoms with Gasteiger partial charge in [-0.15, -0.1) is 0 Å². The number of ketones is 1. The predicted molar refractivity (Wildman–Crippen MR) is 56.3 cm³/mol. The third-order valence-electron chi connectivity index (χ3n) is 2.59. The monoisotopic (exact) mass is 207 g/mol. The van der Waals surface area contributed by atoms with Crippen LogP contribution in [0.5, 0.6) is 5.75 Å². The molecule has 15 heavy (non-hydrogen) atoms. The minimum Gasteiger partial charge on any atom is -0.507 e. The largest absolute Gasteiger partial charge is 0.507 e. The Morgan fingerprint density at radius 2 is 2.13 bits per heavy atom. The summed E-state index contributed by atoms with van der Waals surface area (Å²) in [7, 11) is 0. The first-order chi connectivity index (χ1) is 7.08. The van der Waals surface area contributed by atoms with E-state index < -0.39 is 0 Å². The molecule has 0 aromatic heterocycles. The lowest BCUT2D eigenvalue weighted by Crippen LogP contribution is -2.50. The van der Waals surface area contributed by atoms with Gasteiger partial charge in [0.05, 0.1) is 11.7 Å². The van der Waals surface area contributed by atoms with Crippen LogP contribution in [0.15, 0.2) is 18.2 Å². The van der Waals surface area contributed by atoms with Crippen LogP contribution in [0, 0.1) is 0 Å². The molecular formula is C11H13NO3. The van der Waals surface area contributed by atoms with Crippen LogP contribution in [-0.2, 0) is 0 Å². The molecule has 0 saturated carbocycles. The third kappa shape index (κ3) is 1.80. The maximum absolute atomic E-state index is 11.1. The summed E-state index contributed by atoms with van der Waals surface area (Å²) in [5, 5.41) is 18.7. The molecule has 0 bridgehead atoms. The van der Waals surface area contributed by atoms with Gasteiger partial charge in [-0.3, -0.25) is 4.79 Å². The van der Waals surface area contributed by atoms with Gasteiger partial charge < -0.3 is 15.1 Å². The van der Waals surface area contributed by atoms with E-state index in [9.17, 15) is 9.90 Å². The van der Waals surface area contributed by atoms with Crippen LogP contribution in [0.1, 0.15) is 17.3 Å². The minimum atomic E-state index is -0.278. The Morgan fingerprint density at radius 3 is 2.60 bits per heavy atom. The lowest BCUT2D eigenvalue weighted by Gasteiger charge is -2.37. The summed E-state index contributed by atoms with van der Waals surface area (Å²) in [6.45, 7) is 2.58. The fourth-order valence-electron chi connectivity index (χ4n) is 1.68. The van der Waals surface area contributed by atoms with Crippen molar-refractivity contribution in [2.75, 3.05) is 18.0 Å². The molecule has 4 nitrogen and oxygen atoms in total. The van der Waals surface area contributed by atoms with Crippen LogP contribution < -0.4 is 4.90 Å². The van der Waals surface area contributed by atoms with Crippen LogP contribution >= 0.6 is 0 Å². The predicted octanol–water partition coefficient (Wildman–Crippen LogP) is 0.776. The normalized spacial score (nSPS) is 16.3. The molecule has 0 spiro atoms. The van der Waals surface area contributed by atoms with E-state index in [0.717, 1.165) is 5.69 Å². The van der Waals surface area contributed by atoms with Crippen LogP contribution in [0.2, 0.25) is 0 Å². The zero-order valence-electron chi connectivity index (χ0n) is 8.47. The molecule has 2 N–H and O–H groups in total. The number of anilines is 1. The molecule has 2 rings (SSSR count). The van der Waals surface area contributed by atoms with Gasteiger partial charge in [0.1, 0.15) is 5.75 Å². The number of Topliss-reactive ketones (excluding diaryl/α,β-unsaturated/α-hetero) is 1. The van der Waals surface area contributed by atoms with Crippen molar-refractivity contribution in [3.8, 4) is 5.75 Å². The van der Waals surface area contributed by atoms with Gasteiger partial charge >= 0.3 is 0 Å². The summed E-state index contributed by atoms with van der Waals surface area (Å²) in [6, 6.07) is 4.95. The number of hydrogen-bond donors (Lipinski definition) is 2.